The lowest BCUT2D eigenvalue weighted by atomic mass is 10.0. The number of nitrogens with one attached hydrogen (secondary N) is 1. The summed E-state index contributed by atoms with van der Waals surface area (Å²) in [6.45, 7) is 5.54. The molecule has 2 N–H and O–H groups in total. The van der Waals surface area contributed by atoms with Crippen LogP contribution in [0.4, 0.5) is 4.79 Å². The number of hydrogen-bond acceptors (Lipinski definition) is 3. The maximum absolute atomic E-state index is 12.1. The van der Waals surface area contributed by atoms with E-state index in [-0.39, 0.29) is 12.1 Å². The minimum Gasteiger partial charge on any atom is -0.388 e. The van der Waals surface area contributed by atoms with Crippen molar-refractivity contribution in [2.24, 2.45) is 0 Å². The number of rotatable bonds is 5. The van der Waals surface area contributed by atoms with Gasteiger partial charge in [-0.15, -0.1) is 6.58 Å². The summed E-state index contributed by atoms with van der Waals surface area (Å²) < 4.78 is 5.45. The minimum absolute atomic E-state index is 0.126. The molecule has 1 fully saturated rings. The summed E-state index contributed by atoms with van der Waals surface area (Å²) >= 11 is 0. The average molecular weight is 290 g/mol. The van der Waals surface area contributed by atoms with Crippen LogP contribution in [0.25, 0.3) is 0 Å². The summed E-state index contributed by atoms with van der Waals surface area (Å²) in [6, 6.07) is 9.21. The molecule has 114 valence electrons. The summed E-state index contributed by atoms with van der Waals surface area (Å²) in [7, 11) is 0. The molecule has 1 aliphatic rings. The molecule has 1 heterocycles. The highest BCUT2D eigenvalue weighted by Gasteiger charge is 2.29. The van der Waals surface area contributed by atoms with Gasteiger partial charge in [-0.1, -0.05) is 36.4 Å². The van der Waals surface area contributed by atoms with Gasteiger partial charge >= 0.3 is 6.03 Å². The van der Waals surface area contributed by atoms with Crippen molar-refractivity contribution < 1.29 is 14.6 Å². The van der Waals surface area contributed by atoms with Crippen LogP contribution in [0, 0.1) is 0 Å². The number of morpholine rings is 1. The molecule has 0 aromatic heterocycles. The molecule has 1 saturated heterocycles. The van der Waals surface area contributed by atoms with Gasteiger partial charge in [0.25, 0.3) is 0 Å². The van der Waals surface area contributed by atoms with Gasteiger partial charge in [-0.25, -0.2) is 4.79 Å². The first kappa shape index (κ1) is 15.5. The largest absolute Gasteiger partial charge is 0.388 e. The van der Waals surface area contributed by atoms with Crippen molar-refractivity contribution in [2.45, 2.75) is 18.6 Å². The lowest BCUT2D eigenvalue weighted by Crippen LogP contribution is -2.52. The predicted molar refractivity (Wildman–Crippen MR) is 80.9 cm³/mol. The molecule has 5 heteroatoms. The molecule has 0 saturated carbocycles. The Labute approximate surface area is 125 Å². The lowest BCUT2D eigenvalue weighted by Gasteiger charge is -2.36. The van der Waals surface area contributed by atoms with Crippen LogP contribution in [-0.2, 0) is 4.74 Å². The molecule has 0 bridgehead atoms. The van der Waals surface area contributed by atoms with Crippen LogP contribution in [0.15, 0.2) is 43.0 Å². The van der Waals surface area contributed by atoms with Gasteiger partial charge in [0.15, 0.2) is 0 Å². The van der Waals surface area contributed by atoms with Crippen LogP contribution in [0.2, 0.25) is 0 Å². The van der Waals surface area contributed by atoms with Crippen molar-refractivity contribution in [1.29, 1.82) is 0 Å². The fourth-order valence-corrected chi connectivity index (χ4v) is 2.45. The number of aliphatic hydroxyl groups is 1. The first-order valence-corrected chi connectivity index (χ1v) is 7.18. The molecule has 1 aliphatic heterocycles. The van der Waals surface area contributed by atoms with E-state index in [1.165, 1.54) is 0 Å². The molecule has 0 spiro atoms. The van der Waals surface area contributed by atoms with Crippen molar-refractivity contribution in [1.82, 2.24) is 10.2 Å². The average Bonchev–Trinajstić information content (AvgIpc) is 2.54. The summed E-state index contributed by atoms with van der Waals surface area (Å²) in [5, 5.41) is 13.1. The molecule has 2 rings (SSSR count). The highest BCUT2D eigenvalue weighted by molar-refractivity contribution is 5.74. The van der Waals surface area contributed by atoms with Gasteiger partial charge in [-0.05, 0) is 5.56 Å². The van der Waals surface area contributed by atoms with Gasteiger partial charge in [0, 0.05) is 19.5 Å². The molecular weight excluding hydrogens is 268 g/mol. The van der Waals surface area contributed by atoms with E-state index in [1.807, 2.05) is 30.3 Å². The van der Waals surface area contributed by atoms with E-state index in [1.54, 1.807) is 11.0 Å². The number of carbonyl (C=O) groups is 1. The van der Waals surface area contributed by atoms with E-state index in [0.717, 1.165) is 5.56 Å². The van der Waals surface area contributed by atoms with Crippen molar-refractivity contribution in [3.63, 3.8) is 0 Å². The zero-order valence-electron chi connectivity index (χ0n) is 12.1. The second-order valence-electron chi connectivity index (χ2n) is 5.06. The van der Waals surface area contributed by atoms with Crippen LogP contribution in [-0.4, -0.2) is 48.4 Å². The standard InChI is InChI=1S/C16H22N2O3/c1-2-8-17-16(20)18-9-10-21-12-14(18)11-15(19)13-6-4-3-5-7-13/h2-7,14-15,19H,1,8-12H2,(H,17,20)/t14-,15+/m0/s1. The molecule has 0 aliphatic carbocycles. The van der Waals surface area contributed by atoms with E-state index >= 15 is 0 Å². The fourth-order valence-electron chi connectivity index (χ4n) is 2.45. The Hall–Kier alpha value is -1.85. The quantitative estimate of drug-likeness (QED) is 0.812. The number of hydrogen-bond donors (Lipinski definition) is 2. The molecule has 5 nitrogen and oxygen atoms in total. The number of carbonyl (C=O) groups excluding carboxylic acids is 1. The van der Waals surface area contributed by atoms with Gasteiger partial charge < -0.3 is 20.1 Å². The van der Waals surface area contributed by atoms with Gasteiger partial charge in [0.05, 0.1) is 25.4 Å². The summed E-state index contributed by atoms with van der Waals surface area (Å²) in [5.41, 5.74) is 0.856. The molecule has 21 heavy (non-hydrogen) atoms. The fraction of sp³-hybridized carbons (Fsp3) is 0.438. The summed E-state index contributed by atoms with van der Waals surface area (Å²) in [5.74, 6) is 0. The first-order valence-electron chi connectivity index (χ1n) is 7.18. The molecule has 2 atom stereocenters. The number of amides is 2. The van der Waals surface area contributed by atoms with E-state index in [0.29, 0.717) is 32.7 Å². The third kappa shape index (κ3) is 4.31. The number of aliphatic hydroxyl groups excluding tert-OH is 1. The van der Waals surface area contributed by atoms with E-state index < -0.39 is 6.10 Å². The van der Waals surface area contributed by atoms with Crippen LogP contribution >= 0.6 is 0 Å². The SMILES string of the molecule is C=CCNC(=O)N1CCOC[C@@H]1C[C@@H](O)c1ccccc1. The Morgan fingerprint density at radius 1 is 1.52 bits per heavy atom. The summed E-state index contributed by atoms with van der Waals surface area (Å²) in [6.07, 6.45) is 1.50. The number of ether oxygens (including phenoxy) is 1. The molecule has 0 radical (unpaired) electrons. The molecule has 1 aromatic rings. The second-order valence-corrected chi connectivity index (χ2v) is 5.06. The Bertz CT molecular complexity index is 464. The highest BCUT2D eigenvalue weighted by Crippen LogP contribution is 2.22. The van der Waals surface area contributed by atoms with Crippen molar-refractivity contribution in [3.05, 3.63) is 48.6 Å². The summed E-state index contributed by atoms with van der Waals surface area (Å²) in [4.78, 5) is 13.9. The zero-order valence-corrected chi connectivity index (χ0v) is 12.1. The Balaban J connectivity index is 1.98. The van der Waals surface area contributed by atoms with E-state index in [4.69, 9.17) is 4.74 Å². The highest BCUT2D eigenvalue weighted by atomic mass is 16.5. The van der Waals surface area contributed by atoms with Crippen LogP contribution in [0.3, 0.4) is 0 Å². The normalized spacial score (nSPS) is 19.9. The molecule has 2 amide bonds. The Kier molecular flexibility index (Phi) is 5.78. The topological polar surface area (TPSA) is 61.8 Å². The third-order valence-electron chi connectivity index (χ3n) is 3.57. The third-order valence-corrected chi connectivity index (χ3v) is 3.57. The van der Waals surface area contributed by atoms with Crippen molar-refractivity contribution >= 4 is 6.03 Å². The first-order chi connectivity index (χ1) is 10.2. The van der Waals surface area contributed by atoms with Crippen molar-refractivity contribution in [2.75, 3.05) is 26.3 Å². The van der Waals surface area contributed by atoms with E-state index in [2.05, 4.69) is 11.9 Å². The van der Waals surface area contributed by atoms with Crippen LogP contribution in [0.1, 0.15) is 18.1 Å². The molecule has 1 aromatic carbocycles. The zero-order chi connectivity index (χ0) is 15.1. The van der Waals surface area contributed by atoms with Crippen molar-refractivity contribution in [3.8, 4) is 0 Å². The smallest absolute Gasteiger partial charge is 0.318 e. The van der Waals surface area contributed by atoms with Gasteiger partial charge in [-0.2, -0.15) is 0 Å². The lowest BCUT2D eigenvalue weighted by molar-refractivity contribution is -0.00674. The van der Waals surface area contributed by atoms with Crippen LogP contribution < -0.4 is 5.32 Å². The van der Waals surface area contributed by atoms with Gasteiger partial charge in [0.2, 0.25) is 0 Å². The maximum atomic E-state index is 12.1. The second kappa shape index (κ2) is 7.81. The molecular formula is C16H22N2O3. The van der Waals surface area contributed by atoms with Gasteiger partial charge in [0.1, 0.15) is 0 Å². The Morgan fingerprint density at radius 2 is 2.29 bits per heavy atom. The number of urea groups is 1. The van der Waals surface area contributed by atoms with E-state index in [9.17, 15) is 9.90 Å². The Morgan fingerprint density at radius 3 is 3.00 bits per heavy atom. The molecule has 0 unspecified atom stereocenters. The number of benzene rings is 1. The minimum atomic E-state index is -0.604. The van der Waals surface area contributed by atoms with Gasteiger partial charge in [-0.3, -0.25) is 0 Å². The maximum Gasteiger partial charge on any atom is 0.318 e. The number of nitrogens with zero attached hydrogens (tertiary/aromatic N) is 1. The monoisotopic (exact) mass is 290 g/mol. The van der Waals surface area contributed by atoms with Crippen LogP contribution in [0.5, 0.6) is 0 Å². The predicted octanol–water partition coefficient (Wildman–Crippen LogP) is 1.71.